The fourth-order valence-corrected chi connectivity index (χ4v) is 2.63. The lowest BCUT2D eigenvalue weighted by molar-refractivity contribution is -0.123. The SMILES string of the molecule is CC(C)COc1cnc2c(c1)C1(CCC1)C(=O)N2. The summed E-state index contributed by atoms with van der Waals surface area (Å²) in [6.45, 7) is 4.90. The van der Waals surface area contributed by atoms with Crippen molar-refractivity contribution in [2.75, 3.05) is 11.9 Å². The standard InChI is InChI=1S/C14H18N2O2/c1-9(2)8-18-10-6-11-12(15-7-10)16-13(17)14(11)4-3-5-14/h6-7,9H,3-5,8H2,1-2H3,(H,15,16,17). The number of amides is 1. The number of hydrogen-bond donors (Lipinski definition) is 1. The highest BCUT2D eigenvalue weighted by Gasteiger charge is 2.51. The average molecular weight is 246 g/mol. The summed E-state index contributed by atoms with van der Waals surface area (Å²) in [7, 11) is 0. The molecule has 1 saturated carbocycles. The van der Waals surface area contributed by atoms with Crippen molar-refractivity contribution < 1.29 is 9.53 Å². The van der Waals surface area contributed by atoms with Gasteiger partial charge in [0, 0.05) is 5.56 Å². The smallest absolute Gasteiger partial charge is 0.236 e. The van der Waals surface area contributed by atoms with Crippen LogP contribution in [0.1, 0.15) is 38.7 Å². The summed E-state index contributed by atoms with van der Waals surface area (Å²) < 4.78 is 5.69. The van der Waals surface area contributed by atoms with Crippen LogP contribution in [0.4, 0.5) is 5.82 Å². The Kier molecular flexibility index (Phi) is 2.54. The van der Waals surface area contributed by atoms with Gasteiger partial charge in [-0.2, -0.15) is 0 Å². The zero-order valence-electron chi connectivity index (χ0n) is 10.8. The van der Waals surface area contributed by atoms with Crippen LogP contribution >= 0.6 is 0 Å². The Hall–Kier alpha value is -1.58. The van der Waals surface area contributed by atoms with E-state index in [1.54, 1.807) is 6.20 Å². The molecule has 18 heavy (non-hydrogen) atoms. The van der Waals surface area contributed by atoms with Gasteiger partial charge < -0.3 is 10.1 Å². The molecule has 0 atom stereocenters. The summed E-state index contributed by atoms with van der Waals surface area (Å²) in [6, 6.07) is 1.99. The first-order valence-corrected chi connectivity index (χ1v) is 6.56. The maximum atomic E-state index is 12.0. The maximum absolute atomic E-state index is 12.0. The van der Waals surface area contributed by atoms with E-state index in [2.05, 4.69) is 24.1 Å². The van der Waals surface area contributed by atoms with Gasteiger partial charge in [0.2, 0.25) is 5.91 Å². The van der Waals surface area contributed by atoms with Crippen molar-refractivity contribution in [1.82, 2.24) is 4.98 Å². The summed E-state index contributed by atoms with van der Waals surface area (Å²) in [6.07, 6.45) is 4.67. The molecule has 3 rings (SSSR count). The van der Waals surface area contributed by atoms with Gasteiger partial charge in [-0.05, 0) is 24.8 Å². The highest BCUT2D eigenvalue weighted by Crippen LogP contribution is 2.51. The van der Waals surface area contributed by atoms with E-state index in [0.29, 0.717) is 12.5 Å². The van der Waals surface area contributed by atoms with Crippen molar-refractivity contribution in [3.05, 3.63) is 17.8 Å². The normalized spacial score (nSPS) is 19.6. The summed E-state index contributed by atoms with van der Waals surface area (Å²) in [5.41, 5.74) is 0.722. The fraction of sp³-hybridized carbons (Fsp3) is 0.571. The van der Waals surface area contributed by atoms with Gasteiger partial charge in [-0.25, -0.2) is 4.98 Å². The van der Waals surface area contributed by atoms with Crippen LogP contribution in [-0.2, 0) is 10.2 Å². The highest BCUT2D eigenvalue weighted by atomic mass is 16.5. The number of aromatic nitrogens is 1. The van der Waals surface area contributed by atoms with E-state index in [4.69, 9.17) is 4.74 Å². The Balaban J connectivity index is 1.89. The molecule has 1 aromatic heterocycles. The third kappa shape index (κ3) is 1.59. The predicted octanol–water partition coefficient (Wildman–Crippen LogP) is 2.49. The van der Waals surface area contributed by atoms with E-state index < -0.39 is 0 Å². The van der Waals surface area contributed by atoms with E-state index in [0.717, 1.165) is 36.4 Å². The Labute approximate surface area is 107 Å². The minimum atomic E-state index is -0.306. The van der Waals surface area contributed by atoms with Crippen molar-refractivity contribution in [2.24, 2.45) is 5.92 Å². The number of hydrogen-bond acceptors (Lipinski definition) is 3. The molecule has 1 N–H and O–H groups in total. The van der Waals surface area contributed by atoms with Crippen molar-refractivity contribution in [1.29, 1.82) is 0 Å². The van der Waals surface area contributed by atoms with Crippen LogP contribution in [0.5, 0.6) is 5.75 Å². The first kappa shape index (κ1) is 11.5. The third-order valence-electron chi connectivity index (χ3n) is 3.84. The number of carbonyl (C=O) groups excluding carboxylic acids is 1. The zero-order valence-corrected chi connectivity index (χ0v) is 10.8. The molecular formula is C14H18N2O2. The second-order valence-electron chi connectivity index (χ2n) is 5.66. The Morgan fingerprint density at radius 3 is 2.89 bits per heavy atom. The molecule has 1 aliphatic heterocycles. The lowest BCUT2D eigenvalue weighted by atomic mass is 9.65. The number of nitrogens with one attached hydrogen (secondary N) is 1. The summed E-state index contributed by atoms with van der Waals surface area (Å²) in [4.78, 5) is 16.3. The molecule has 0 bridgehead atoms. The summed E-state index contributed by atoms with van der Waals surface area (Å²) >= 11 is 0. The summed E-state index contributed by atoms with van der Waals surface area (Å²) in [5, 5.41) is 2.88. The van der Waals surface area contributed by atoms with E-state index in [9.17, 15) is 4.79 Å². The number of pyridine rings is 1. The maximum Gasteiger partial charge on any atom is 0.236 e. The van der Waals surface area contributed by atoms with Gasteiger partial charge >= 0.3 is 0 Å². The van der Waals surface area contributed by atoms with Crippen molar-refractivity contribution in [2.45, 2.75) is 38.5 Å². The molecule has 1 aromatic rings. The first-order valence-electron chi connectivity index (χ1n) is 6.56. The third-order valence-corrected chi connectivity index (χ3v) is 3.84. The van der Waals surface area contributed by atoms with Gasteiger partial charge in [0.15, 0.2) is 0 Å². The van der Waals surface area contributed by atoms with Gasteiger partial charge in [-0.1, -0.05) is 20.3 Å². The van der Waals surface area contributed by atoms with E-state index in [-0.39, 0.29) is 11.3 Å². The predicted molar refractivity (Wildman–Crippen MR) is 68.7 cm³/mol. The van der Waals surface area contributed by atoms with Crippen LogP contribution in [0.3, 0.4) is 0 Å². The average Bonchev–Trinajstić information content (AvgIpc) is 2.57. The van der Waals surface area contributed by atoms with Crippen LogP contribution in [0, 0.1) is 5.92 Å². The molecule has 2 aliphatic rings. The number of fused-ring (bicyclic) bond motifs is 2. The molecule has 0 saturated heterocycles. The topological polar surface area (TPSA) is 51.2 Å². The van der Waals surface area contributed by atoms with Crippen molar-refractivity contribution >= 4 is 11.7 Å². The zero-order chi connectivity index (χ0) is 12.8. The van der Waals surface area contributed by atoms with Crippen molar-refractivity contribution in [3.63, 3.8) is 0 Å². The molecule has 1 aliphatic carbocycles. The molecule has 0 radical (unpaired) electrons. The van der Waals surface area contributed by atoms with Gasteiger partial charge in [0.25, 0.3) is 0 Å². The molecule has 0 aromatic carbocycles. The minimum absolute atomic E-state index is 0.109. The van der Waals surface area contributed by atoms with E-state index in [1.165, 1.54) is 0 Å². The van der Waals surface area contributed by atoms with Crippen molar-refractivity contribution in [3.8, 4) is 5.75 Å². The fourth-order valence-electron chi connectivity index (χ4n) is 2.63. The van der Waals surface area contributed by atoms with Gasteiger partial charge in [-0.3, -0.25) is 4.79 Å². The molecule has 1 spiro atoms. The highest BCUT2D eigenvalue weighted by molar-refractivity contribution is 6.06. The largest absolute Gasteiger partial charge is 0.492 e. The number of rotatable bonds is 3. The van der Waals surface area contributed by atoms with Gasteiger partial charge in [-0.15, -0.1) is 0 Å². The van der Waals surface area contributed by atoms with Crippen LogP contribution < -0.4 is 10.1 Å². The van der Waals surface area contributed by atoms with E-state index >= 15 is 0 Å². The van der Waals surface area contributed by atoms with Gasteiger partial charge in [0.1, 0.15) is 11.6 Å². The second-order valence-corrected chi connectivity index (χ2v) is 5.66. The molecule has 4 nitrogen and oxygen atoms in total. The molecule has 1 amide bonds. The van der Waals surface area contributed by atoms with E-state index in [1.807, 2.05) is 6.07 Å². The quantitative estimate of drug-likeness (QED) is 0.891. The van der Waals surface area contributed by atoms with Crippen LogP contribution in [-0.4, -0.2) is 17.5 Å². The van der Waals surface area contributed by atoms with Crippen LogP contribution in [0.2, 0.25) is 0 Å². The lowest BCUT2D eigenvalue weighted by Crippen LogP contribution is -2.40. The van der Waals surface area contributed by atoms with Crippen LogP contribution in [0.15, 0.2) is 12.3 Å². The molecular weight excluding hydrogens is 228 g/mol. The number of ether oxygens (including phenoxy) is 1. The Morgan fingerprint density at radius 1 is 1.50 bits per heavy atom. The molecule has 96 valence electrons. The van der Waals surface area contributed by atoms with Crippen LogP contribution in [0.25, 0.3) is 0 Å². The number of carbonyl (C=O) groups is 1. The molecule has 2 heterocycles. The first-order chi connectivity index (χ1) is 8.62. The van der Waals surface area contributed by atoms with Gasteiger partial charge in [0.05, 0.1) is 18.2 Å². The summed E-state index contributed by atoms with van der Waals surface area (Å²) in [5.74, 6) is 2.08. The second kappa shape index (κ2) is 3.97. The number of anilines is 1. The molecule has 1 fully saturated rings. The Bertz CT molecular complexity index is 493. The lowest BCUT2D eigenvalue weighted by Gasteiger charge is -2.35. The molecule has 4 heteroatoms. The number of nitrogens with zero attached hydrogens (tertiary/aromatic N) is 1. The monoisotopic (exact) mass is 246 g/mol. The molecule has 0 unspecified atom stereocenters. The Morgan fingerprint density at radius 2 is 2.28 bits per heavy atom. The minimum Gasteiger partial charge on any atom is -0.492 e.